The van der Waals surface area contributed by atoms with Crippen LogP contribution in [0.4, 0.5) is 13.2 Å². The Morgan fingerprint density at radius 1 is 1.02 bits per heavy atom. The van der Waals surface area contributed by atoms with E-state index in [4.69, 9.17) is 16.0 Å². The minimum Gasteiger partial charge on any atom is -0.457 e. The highest BCUT2D eigenvalue weighted by Crippen LogP contribution is 2.36. The van der Waals surface area contributed by atoms with Gasteiger partial charge in [-0.05, 0) is 67.9 Å². The van der Waals surface area contributed by atoms with E-state index in [-0.39, 0.29) is 34.3 Å². The van der Waals surface area contributed by atoms with Crippen LogP contribution in [0.2, 0.25) is 5.02 Å². The van der Waals surface area contributed by atoms with Crippen molar-refractivity contribution in [1.29, 1.82) is 0 Å². The van der Waals surface area contributed by atoms with Crippen LogP contribution in [0.1, 0.15) is 39.5 Å². The molecule has 220 valence electrons. The molecule has 0 saturated carbocycles. The number of amides is 2. The molecule has 3 aromatic carbocycles. The van der Waals surface area contributed by atoms with Crippen LogP contribution in [0.5, 0.6) is 0 Å². The van der Waals surface area contributed by atoms with Crippen molar-refractivity contribution < 1.29 is 27.2 Å². The molecule has 0 aliphatic carbocycles. The quantitative estimate of drug-likeness (QED) is 0.121. The smallest absolute Gasteiger partial charge is 0.416 e. The van der Waals surface area contributed by atoms with Crippen LogP contribution in [0.15, 0.2) is 89.0 Å². The lowest BCUT2D eigenvalue weighted by atomic mass is 10.1. The van der Waals surface area contributed by atoms with E-state index in [0.29, 0.717) is 18.4 Å². The van der Waals surface area contributed by atoms with Gasteiger partial charge in [0, 0.05) is 30.2 Å². The molecule has 5 aromatic rings. The van der Waals surface area contributed by atoms with E-state index < -0.39 is 23.6 Å². The average molecular weight is 607 g/mol. The fourth-order valence-corrected chi connectivity index (χ4v) is 4.55. The van der Waals surface area contributed by atoms with Crippen molar-refractivity contribution in [2.45, 2.75) is 25.9 Å². The number of alkyl halides is 3. The maximum absolute atomic E-state index is 13.3. The summed E-state index contributed by atoms with van der Waals surface area (Å²) in [6.45, 7) is 2.17. The number of carbonyl (C=O) groups excluding carboxylic acids is 2. The lowest BCUT2D eigenvalue weighted by molar-refractivity contribution is -0.137. The van der Waals surface area contributed by atoms with E-state index in [0.717, 1.165) is 40.6 Å². The molecule has 0 atom stereocenters. The number of furan rings is 1. The van der Waals surface area contributed by atoms with Gasteiger partial charge in [-0.3, -0.25) is 9.59 Å². The fourth-order valence-electron chi connectivity index (χ4n) is 4.34. The first-order chi connectivity index (χ1) is 20.6. The molecule has 11 heteroatoms. The normalized spacial score (nSPS) is 12.0. The zero-order valence-corrected chi connectivity index (χ0v) is 23.6. The summed E-state index contributed by atoms with van der Waals surface area (Å²) < 4.78 is 45.5. The number of hydrogen-bond donors (Lipinski definition) is 3. The van der Waals surface area contributed by atoms with Crippen LogP contribution in [-0.2, 0) is 17.4 Å². The number of benzene rings is 3. The standard InChI is InChI=1S/C32H26ClF3N4O3/c1-19-8-10-20(11-9-19)30(41)40-27(31(42)37-16-4-7-29-38-25-5-2-3-6-26(25)39-29)18-22-13-15-28(43-22)23-17-21(32(34,35)36)12-14-24(23)33/h2-3,5-6,8-15,17-18H,4,7,16H2,1H3,(H,37,42)(H,38,39)(H,40,41)/b27-18+. The molecule has 0 unspecified atom stereocenters. The second-order valence-electron chi connectivity index (χ2n) is 9.83. The molecule has 0 radical (unpaired) electrons. The van der Waals surface area contributed by atoms with Gasteiger partial charge < -0.3 is 20.0 Å². The molecule has 0 fully saturated rings. The first kappa shape index (κ1) is 29.7. The van der Waals surface area contributed by atoms with Gasteiger partial charge in [-0.25, -0.2) is 4.98 Å². The van der Waals surface area contributed by atoms with Gasteiger partial charge in [0.1, 0.15) is 23.0 Å². The van der Waals surface area contributed by atoms with Crippen LogP contribution < -0.4 is 10.6 Å². The number of nitrogens with zero attached hydrogens (tertiary/aromatic N) is 1. The number of halogens is 4. The topological polar surface area (TPSA) is 100 Å². The summed E-state index contributed by atoms with van der Waals surface area (Å²) in [4.78, 5) is 33.9. The van der Waals surface area contributed by atoms with E-state index >= 15 is 0 Å². The molecular formula is C32H26ClF3N4O3. The largest absolute Gasteiger partial charge is 0.457 e. The van der Waals surface area contributed by atoms with Gasteiger partial charge in [-0.15, -0.1) is 0 Å². The molecule has 2 heterocycles. The Labute approximate surface area is 249 Å². The number of aromatic nitrogens is 2. The molecule has 43 heavy (non-hydrogen) atoms. The second kappa shape index (κ2) is 12.6. The Hall–Kier alpha value is -4.83. The van der Waals surface area contributed by atoms with Gasteiger partial charge in [-0.1, -0.05) is 41.4 Å². The molecule has 2 amide bonds. The van der Waals surface area contributed by atoms with Crippen molar-refractivity contribution in [1.82, 2.24) is 20.6 Å². The van der Waals surface area contributed by atoms with Gasteiger partial charge in [0.2, 0.25) is 0 Å². The molecule has 3 N–H and O–H groups in total. The van der Waals surface area contributed by atoms with Crippen molar-refractivity contribution >= 4 is 40.5 Å². The number of carbonyl (C=O) groups is 2. The van der Waals surface area contributed by atoms with Crippen molar-refractivity contribution in [3.8, 4) is 11.3 Å². The van der Waals surface area contributed by atoms with E-state index in [1.54, 1.807) is 24.3 Å². The Kier molecular flexibility index (Phi) is 8.68. The highest BCUT2D eigenvalue weighted by atomic mass is 35.5. The maximum Gasteiger partial charge on any atom is 0.416 e. The molecule has 0 aliphatic heterocycles. The van der Waals surface area contributed by atoms with E-state index in [1.807, 2.05) is 31.2 Å². The summed E-state index contributed by atoms with van der Waals surface area (Å²) >= 11 is 6.16. The summed E-state index contributed by atoms with van der Waals surface area (Å²) in [5.41, 5.74) is 2.14. The highest BCUT2D eigenvalue weighted by Gasteiger charge is 2.31. The van der Waals surface area contributed by atoms with Crippen molar-refractivity contribution in [2.24, 2.45) is 0 Å². The van der Waals surface area contributed by atoms with Crippen LogP contribution >= 0.6 is 11.6 Å². The Bertz CT molecular complexity index is 1770. The fraction of sp³-hybridized carbons (Fsp3) is 0.156. The molecular weight excluding hydrogens is 581 g/mol. The summed E-state index contributed by atoms with van der Waals surface area (Å²) in [7, 11) is 0. The molecule has 0 aliphatic rings. The molecule has 7 nitrogen and oxygen atoms in total. The lowest BCUT2D eigenvalue weighted by Crippen LogP contribution is -2.35. The summed E-state index contributed by atoms with van der Waals surface area (Å²) in [6.07, 6.45) is -2.09. The van der Waals surface area contributed by atoms with E-state index in [9.17, 15) is 22.8 Å². The number of aromatic amines is 1. The third-order valence-electron chi connectivity index (χ3n) is 6.59. The monoisotopic (exact) mass is 606 g/mol. The molecule has 2 aromatic heterocycles. The number of hydrogen-bond acceptors (Lipinski definition) is 4. The molecule has 0 bridgehead atoms. The summed E-state index contributed by atoms with van der Waals surface area (Å²) in [5, 5.41) is 5.48. The van der Waals surface area contributed by atoms with E-state index in [1.165, 1.54) is 18.2 Å². The first-order valence-corrected chi connectivity index (χ1v) is 13.7. The predicted octanol–water partition coefficient (Wildman–Crippen LogP) is 7.32. The van der Waals surface area contributed by atoms with Crippen LogP contribution in [0.25, 0.3) is 28.4 Å². The van der Waals surface area contributed by atoms with Crippen LogP contribution in [-0.4, -0.2) is 28.3 Å². The number of rotatable bonds is 9. The van der Waals surface area contributed by atoms with Gasteiger partial charge >= 0.3 is 6.18 Å². The third-order valence-corrected chi connectivity index (χ3v) is 6.92. The number of imidazole rings is 1. The SMILES string of the molecule is Cc1ccc(C(=O)N/C(=C/c2ccc(-c3cc(C(F)(F)F)ccc3Cl)o2)C(=O)NCCCc2nc3ccccc3[nH]2)cc1. The Morgan fingerprint density at radius 3 is 2.53 bits per heavy atom. The highest BCUT2D eigenvalue weighted by molar-refractivity contribution is 6.33. The molecule has 0 saturated heterocycles. The van der Waals surface area contributed by atoms with Gasteiger partial charge in [-0.2, -0.15) is 13.2 Å². The minimum absolute atomic E-state index is 0.0384. The van der Waals surface area contributed by atoms with Crippen molar-refractivity contribution in [2.75, 3.05) is 6.54 Å². The number of para-hydroxylation sites is 2. The number of aryl methyl sites for hydroxylation is 2. The zero-order valence-electron chi connectivity index (χ0n) is 22.9. The summed E-state index contributed by atoms with van der Waals surface area (Å²) in [6, 6.07) is 20.3. The molecule has 0 spiro atoms. The van der Waals surface area contributed by atoms with Gasteiger partial charge in [0.05, 0.1) is 21.6 Å². The van der Waals surface area contributed by atoms with Crippen molar-refractivity contribution in [3.63, 3.8) is 0 Å². The predicted molar refractivity (Wildman–Crippen MR) is 158 cm³/mol. The van der Waals surface area contributed by atoms with Crippen molar-refractivity contribution in [3.05, 3.63) is 118 Å². The summed E-state index contributed by atoms with van der Waals surface area (Å²) in [5.74, 6) is -0.107. The first-order valence-electron chi connectivity index (χ1n) is 13.4. The third kappa shape index (κ3) is 7.34. The van der Waals surface area contributed by atoms with Crippen LogP contribution in [0.3, 0.4) is 0 Å². The van der Waals surface area contributed by atoms with Crippen LogP contribution in [0, 0.1) is 6.92 Å². The van der Waals surface area contributed by atoms with Gasteiger partial charge in [0.15, 0.2) is 0 Å². The Balaban J connectivity index is 1.33. The minimum atomic E-state index is -4.56. The number of nitrogens with one attached hydrogen (secondary N) is 3. The maximum atomic E-state index is 13.3. The number of fused-ring (bicyclic) bond motifs is 1. The number of H-pyrrole nitrogens is 1. The van der Waals surface area contributed by atoms with Gasteiger partial charge in [0.25, 0.3) is 11.8 Å². The lowest BCUT2D eigenvalue weighted by Gasteiger charge is -2.11. The average Bonchev–Trinajstić information content (AvgIpc) is 3.61. The zero-order chi connectivity index (χ0) is 30.6. The second-order valence-corrected chi connectivity index (χ2v) is 10.2. The Morgan fingerprint density at radius 2 is 1.79 bits per heavy atom. The van der Waals surface area contributed by atoms with E-state index in [2.05, 4.69) is 20.6 Å². The molecule has 5 rings (SSSR count).